The van der Waals surface area contributed by atoms with Crippen molar-refractivity contribution in [1.82, 2.24) is 0 Å². The van der Waals surface area contributed by atoms with Crippen LogP contribution in [0.25, 0.3) is 16.5 Å². The molecule has 33 heavy (non-hydrogen) atoms. The third kappa shape index (κ3) is 5.00. The molecule has 4 nitrogen and oxygen atoms in total. The predicted molar refractivity (Wildman–Crippen MR) is 121 cm³/mol. The fourth-order valence-corrected chi connectivity index (χ4v) is 4.55. The minimum atomic E-state index is -5.78. The highest BCUT2D eigenvalue weighted by atomic mass is 32.2. The van der Waals surface area contributed by atoms with Gasteiger partial charge in [0.15, 0.2) is 5.76 Å². The number of para-hydroxylation sites is 1. The zero-order chi connectivity index (χ0) is 23.6. The van der Waals surface area contributed by atoms with Gasteiger partial charge in [0.2, 0.25) is 0 Å². The molecule has 0 unspecified atom stereocenters. The number of halogens is 3. The van der Waals surface area contributed by atoms with Gasteiger partial charge in [0.25, 0.3) is 0 Å². The van der Waals surface area contributed by atoms with Crippen molar-refractivity contribution >= 4 is 26.6 Å². The van der Waals surface area contributed by atoms with E-state index in [4.69, 9.17) is 4.74 Å². The van der Waals surface area contributed by atoms with Gasteiger partial charge in [-0.3, -0.25) is 0 Å². The molecule has 1 aliphatic rings. The Hall–Kier alpha value is -3.00. The van der Waals surface area contributed by atoms with E-state index in [0.717, 1.165) is 12.8 Å². The largest absolute Gasteiger partial charge is 0.534 e. The van der Waals surface area contributed by atoms with Gasteiger partial charge in [0, 0.05) is 6.08 Å². The van der Waals surface area contributed by atoms with Gasteiger partial charge in [-0.2, -0.15) is 21.6 Å². The Morgan fingerprint density at radius 2 is 1.70 bits per heavy atom. The van der Waals surface area contributed by atoms with Crippen LogP contribution in [0.2, 0.25) is 0 Å². The standard InChI is InChI=1S/C25H23F3O4S/c1-17(20-14-7-10-18-9-2-3-12-21(18)20)8-6-11-19-16-24(32-33(29,30)25(26,27)28)22-13-4-5-15-23(22)31-19/h2-5,7,9-10,12-17,19H,6,8,11H2,1H3/t17-,19-/m0/s1. The van der Waals surface area contributed by atoms with Crippen LogP contribution in [0.4, 0.5) is 13.2 Å². The van der Waals surface area contributed by atoms with Crippen LogP contribution in [0.15, 0.2) is 72.8 Å². The third-order valence-electron chi connectivity index (χ3n) is 5.73. The second kappa shape index (κ2) is 9.09. The van der Waals surface area contributed by atoms with Crippen molar-refractivity contribution in [2.45, 2.75) is 43.7 Å². The van der Waals surface area contributed by atoms with E-state index in [1.165, 1.54) is 28.5 Å². The maximum atomic E-state index is 12.9. The quantitative estimate of drug-likeness (QED) is 0.279. The van der Waals surface area contributed by atoms with Crippen LogP contribution in [0, 0.1) is 0 Å². The first-order chi connectivity index (χ1) is 15.7. The van der Waals surface area contributed by atoms with Gasteiger partial charge in [-0.05, 0) is 53.6 Å². The molecule has 4 rings (SSSR count). The van der Waals surface area contributed by atoms with Crippen LogP contribution in [0.5, 0.6) is 5.75 Å². The van der Waals surface area contributed by atoms with E-state index in [2.05, 4.69) is 35.4 Å². The van der Waals surface area contributed by atoms with Crippen molar-refractivity contribution in [2.75, 3.05) is 0 Å². The molecule has 0 amide bonds. The molecule has 3 aromatic carbocycles. The maximum absolute atomic E-state index is 12.9. The van der Waals surface area contributed by atoms with Crippen LogP contribution < -0.4 is 4.74 Å². The highest BCUT2D eigenvalue weighted by Gasteiger charge is 2.49. The Bertz CT molecular complexity index is 1280. The van der Waals surface area contributed by atoms with E-state index >= 15 is 0 Å². The lowest BCUT2D eigenvalue weighted by molar-refractivity contribution is -0.0510. The second-order valence-corrected chi connectivity index (χ2v) is 9.60. The van der Waals surface area contributed by atoms with Crippen LogP contribution in [-0.2, 0) is 14.3 Å². The van der Waals surface area contributed by atoms with Gasteiger partial charge in [-0.15, -0.1) is 0 Å². The molecule has 0 saturated heterocycles. The summed E-state index contributed by atoms with van der Waals surface area (Å²) in [6.45, 7) is 2.14. The van der Waals surface area contributed by atoms with Crippen molar-refractivity contribution in [3.05, 3.63) is 83.9 Å². The molecule has 0 saturated carbocycles. The fraction of sp³-hybridized carbons (Fsp3) is 0.280. The van der Waals surface area contributed by atoms with Crippen LogP contribution in [0.3, 0.4) is 0 Å². The fourth-order valence-electron chi connectivity index (χ4n) is 4.07. The van der Waals surface area contributed by atoms with Crippen molar-refractivity contribution < 1.29 is 30.5 Å². The van der Waals surface area contributed by atoms with Gasteiger partial charge in [-0.25, -0.2) is 0 Å². The average molecular weight is 477 g/mol. The van der Waals surface area contributed by atoms with Crippen molar-refractivity contribution in [3.8, 4) is 5.75 Å². The summed E-state index contributed by atoms with van der Waals surface area (Å²) in [4.78, 5) is 0. The molecule has 174 valence electrons. The highest BCUT2D eigenvalue weighted by Crippen LogP contribution is 2.38. The molecule has 0 N–H and O–H groups in total. The number of rotatable bonds is 7. The Labute approximate surface area is 190 Å². The summed E-state index contributed by atoms with van der Waals surface area (Å²) in [5, 5.41) is 2.37. The number of fused-ring (bicyclic) bond motifs is 2. The first-order valence-electron chi connectivity index (χ1n) is 10.6. The number of hydrogen-bond acceptors (Lipinski definition) is 4. The van der Waals surface area contributed by atoms with E-state index in [1.807, 2.05) is 18.2 Å². The Kier molecular flexibility index (Phi) is 6.38. The first kappa shape index (κ1) is 23.2. The lowest BCUT2D eigenvalue weighted by Crippen LogP contribution is -2.27. The summed E-state index contributed by atoms with van der Waals surface area (Å²) in [6, 6.07) is 20.7. The molecule has 0 radical (unpaired) electrons. The highest BCUT2D eigenvalue weighted by molar-refractivity contribution is 7.87. The van der Waals surface area contributed by atoms with Crippen molar-refractivity contribution in [1.29, 1.82) is 0 Å². The molecule has 0 fully saturated rings. The zero-order valence-electron chi connectivity index (χ0n) is 17.9. The van der Waals surface area contributed by atoms with Gasteiger partial charge < -0.3 is 8.92 Å². The smallest absolute Gasteiger partial charge is 0.485 e. The molecule has 0 aromatic heterocycles. The second-order valence-electron chi connectivity index (χ2n) is 8.07. The molecule has 0 aliphatic carbocycles. The number of alkyl halides is 3. The summed E-state index contributed by atoms with van der Waals surface area (Å²) in [6.07, 6.45) is 2.78. The monoisotopic (exact) mass is 476 g/mol. The van der Waals surface area contributed by atoms with Crippen LogP contribution in [0.1, 0.15) is 43.2 Å². The van der Waals surface area contributed by atoms with E-state index in [9.17, 15) is 21.6 Å². The van der Waals surface area contributed by atoms with E-state index in [-0.39, 0.29) is 17.2 Å². The molecule has 1 heterocycles. The normalized spacial score (nSPS) is 17.1. The summed E-state index contributed by atoms with van der Waals surface area (Å²) in [7, 11) is -5.78. The van der Waals surface area contributed by atoms with Gasteiger partial charge >= 0.3 is 15.6 Å². The average Bonchev–Trinajstić information content (AvgIpc) is 2.77. The Balaban J connectivity index is 1.48. The number of ether oxygens (including phenoxy) is 1. The summed E-state index contributed by atoms with van der Waals surface area (Å²) >= 11 is 0. The predicted octanol–water partition coefficient (Wildman–Crippen LogP) is 6.78. The lowest BCUT2D eigenvalue weighted by Gasteiger charge is -2.25. The Morgan fingerprint density at radius 1 is 1.00 bits per heavy atom. The topological polar surface area (TPSA) is 52.6 Å². The molecule has 0 spiro atoms. The van der Waals surface area contributed by atoms with Crippen molar-refractivity contribution in [3.63, 3.8) is 0 Å². The van der Waals surface area contributed by atoms with E-state index < -0.39 is 21.7 Å². The number of benzene rings is 3. The molecule has 0 bridgehead atoms. The lowest BCUT2D eigenvalue weighted by atomic mass is 9.90. The minimum Gasteiger partial charge on any atom is -0.485 e. The SMILES string of the molecule is C[C@@H](CCC[C@H]1C=C(OS(=O)(=O)C(F)(F)F)c2ccccc2O1)c1cccc2ccccc12. The van der Waals surface area contributed by atoms with E-state index in [0.29, 0.717) is 12.2 Å². The summed E-state index contributed by atoms with van der Waals surface area (Å²) < 4.78 is 72.1. The van der Waals surface area contributed by atoms with Crippen LogP contribution >= 0.6 is 0 Å². The third-order valence-corrected chi connectivity index (χ3v) is 6.70. The van der Waals surface area contributed by atoms with Crippen LogP contribution in [-0.4, -0.2) is 20.0 Å². The molecular weight excluding hydrogens is 453 g/mol. The molecule has 1 aliphatic heterocycles. The van der Waals surface area contributed by atoms with E-state index in [1.54, 1.807) is 18.2 Å². The molecule has 3 aromatic rings. The van der Waals surface area contributed by atoms with Gasteiger partial charge in [-0.1, -0.05) is 61.5 Å². The zero-order valence-corrected chi connectivity index (χ0v) is 18.7. The minimum absolute atomic E-state index is 0.172. The maximum Gasteiger partial charge on any atom is 0.534 e. The summed E-state index contributed by atoms with van der Waals surface area (Å²) in [5.74, 6) is 0.193. The molecule has 8 heteroatoms. The van der Waals surface area contributed by atoms with Gasteiger partial charge in [0.05, 0.1) is 5.56 Å². The first-order valence-corrected chi connectivity index (χ1v) is 12.0. The van der Waals surface area contributed by atoms with Gasteiger partial charge in [0.1, 0.15) is 11.9 Å². The van der Waals surface area contributed by atoms with Crippen molar-refractivity contribution in [2.24, 2.45) is 0 Å². The Morgan fingerprint density at radius 3 is 2.48 bits per heavy atom. The molecule has 2 atom stereocenters. The number of hydrogen-bond donors (Lipinski definition) is 0. The summed E-state index contributed by atoms with van der Waals surface area (Å²) in [5.41, 5.74) is -4.10. The molecular formula is C25H23F3O4S.